The van der Waals surface area contributed by atoms with Gasteiger partial charge in [0.1, 0.15) is 0 Å². The van der Waals surface area contributed by atoms with Gasteiger partial charge in [-0.1, -0.05) is 38.0 Å². The van der Waals surface area contributed by atoms with E-state index in [1.807, 2.05) is 0 Å². The van der Waals surface area contributed by atoms with Crippen LogP contribution in [0.2, 0.25) is 0 Å². The van der Waals surface area contributed by atoms with E-state index in [9.17, 15) is 0 Å². The van der Waals surface area contributed by atoms with Gasteiger partial charge < -0.3 is 0 Å². The smallest absolute Gasteiger partial charge is 0.0621 e. The molecular formula is C16H25N. The van der Waals surface area contributed by atoms with Gasteiger partial charge in [0.2, 0.25) is 0 Å². The highest BCUT2D eigenvalue weighted by Gasteiger charge is 2.31. The van der Waals surface area contributed by atoms with Crippen molar-refractivity contribution in [2.24, 2.45) is 17.8 Å². The molecule has 0 aromatic carbocycles. The van der Waals surface area contributed by atoms with Crippen LogP contribution in [0.5, 0.6) is 0 Å². The second-order valence-corrected chi connectivity index (χ2v) is 5.22. The van der Waals surface area contributed by atoms with Crippen molar-refractivity contribution in [2.45, 2.75) is 53.4 Å². The van der Waals surface area contributed by atoms with E-state index in [1.165, 1.54) is 24.0 Å². The van der Waals surface area contributed by atoms with Crippen LogP contribution in [0, 0.1) is 29.1 Å². The lowest BCUT2D eigenvalue weighted by atomic mass is 9.67. The molecule has 0 N–H and O–H groups in total. The third-order valence-corrected chi connectivity index (χ3v) is 4.19. The highest BCUT2D eigenvalue weighted by Crippen LogP contribution is 2.42. The molecule has 1 aliphatic carbocycles. The van der Waals surface area contributed by atoms with Crippen LogP contribution in [0.3, 0.4) is 0 Å². The molecule has 0 fully saturated rings. The minimum Gasteiger partial charge on any atom is -0.198 e. The van der Waals surface area contributed by atoms with Crippen LogP contribution in [-0.4, -0.2) is 0 Å². The average Bonchev–Trinajstić information content (AvgIpc) is 2.33. The Morgan fingerprint density at radius 2 is 2.12 bits per heavy atom. The topological polar surface area (TPSA) is 23.8 Å². The number of rotatable bonds is 4. The third-order valence-electron chi connectivity index (χ3n) is 4.19. The van der Waals surface area contributed by atoms with Crippen molar-refractivity contribution in [2.75, 3.05) is 0 Å². The highest BCUT2D eigenvalue weighted by molar-refractivity contribution is 5.31. The van der Waals surface area contributed by atoms with Gasteiger partial charge in [-0.15, -0.1) is 0 Å². The molecule has 0 saturated heterocycles. The molecule has 17 heavy (non-hydrogen) atoms. The van der Waals surface area contributed by atoms with Gasteiger partial charge in [-0.2, -0.15) is 5.26 Å². The fraction of sp³-hybridized carbons (Fsp3) is 0.688. The van der Waals surface area contributed by atoms with E-state index in [2.05, 4.69) is 45.9 Å². The summed E-state index contributed by atoms with van der Waals surface area (Å²) < 4.78 is 0. The van der Waals surface area contributed by atoms with E-state index < -0.39 is 0 Å². The Kier molecular flexibility index (Phi) is 5.48. The Bertz CT molecular complexity index is 343. The minimum atomic E-state index is 0.619. The van der Waals surface area contributed by atoms with Gasteiger partial charge in [-0.05, 0) is 50.0 Å². The second-order valence-electron chi connectivity index (χ2n) is 5.22. The standard InChI is InChI=1S/C16H25N/c1-5-8-16-13(4)14(6-2)11-12(3)15(16)9-7-10-17/h6,11,13,15-16H,5,7-9H2,1-4H3. The van der Waals surface area contributed by atoms with Gasteiger partial charge in [0.15, 0.2) is 0 Å². The predicted octanol–water partition coefficient (Wildman–Crippen LogP) is 4.86. The summed E-state index contributed by atoms with van der Waals surface area (Å²) in [5.41, 5.74) is 2.96. The maximum atomic E-state index is 8.78. The van der Waals surface area contributed by atoms with Crippen LogP contribution in [0.1, 0.15) is 53.4 Å². The number of hydrogen-bond donors (Lipinski definition) is 0. The minimum absolute atomic E-state index is 0.619. The molecule has 0 bridgehead atoms. The zero-order valence-electron chi connectivity index (χ0n) is 11.7. The van der Waals surface area contributed by atoms with Crippen molar-refractivity contribution in [3.8, 4) is 6.07 Å². The lowest BCUT2D eigenvalue weighted by molar-refractivity contribution is 0.258. The van der Waals surface area contributed by atoms with Crippen molar-refractivity contribution in [1.29, 1.82) is 5.26 Å². The Hall–Kier alpha value is -1.03. The Morgan fingerprint density at radius 3 is 2.65 bits per heavy atom. The average molecular weight is 231 g/mol. The van der Waals surface area contributed by atoms with E-state index in [1.54, 1.807) is 0 Å². The van der Waals surface area contributed by atoms with Gasteiger partial charge in [0.25, 0.3) is 0 Å². The molecule has 94 valence electrons. The summed E-state index contributed by atoms with van der Waals surface area (Å²) in [6.07, 6.45) is 8.83. The summed E-state index contributed by atoms with van der Waals surface area (Å²) in [6.45, 7) is 8.98. The molecular weight excluding hydrogens is 206 g/mol. The fourth-order valence-corrected chi connectivity index (χ4v) is 3.23. The zero-order valence-corrected chi connectivity index (χ0v) is 11.7. The van der Waals surface area contributed by atoms with Gasteiger partial charge in [-0.3, -0.25) is 0 Å². The van der Waals surface area contributed by atoms with Crippen molar-refractivity contribution in [1.82, 2.24) is 0 Å². The van der Waals surface area contributed by atoms with E-state index in [0.29, 0.717) is 18.3 Å². The van der Waals surface area contributed by atoms with Crippen LogP contribution in [0.4, 0.5) is 0 Å². The van der Waals surface area contributed by atoms with Crippen molar-refractivity contribution >= 4 is 0 Å². The summed E-state index contributed by atoms with van der Waals surface area (Å²) in [5, 5.41) is 8.78. The van der Waals surface area contributed by atoms with Crippen LogP contribution in [0.15, 0.2) is 23.3 Å². The maximum Gasteiger partial charge on any atom is 0.0621 e. The molecule has 1 nitrogen and oxygen atoms in total. The molecule has 3 unspecified atom stereocenters. The molecule has 0 amide bonds. The molecule has 0 saturated carbocycles. The molecule has 0 heterocycles. The van der Waals surface area contributed by atoms with Crippen LogP contribution in [0.25, 0.3) is 0 Å². The lowest BCUT2D eigenvalue weighted by Gasteiger charge is -2.37. The van der Waals surface area contributed by atoms with Crippen molar-refractivity contribution < 1.29 is 0 Å². The molecule has 0 aromatic rings. The summed E-state index contributed by atoms with van der Waals surface area (Å²) in [6, 6.07) is 2.30. The van der Waals surface area contributed by atoms with Crippen LogP contribution in [-0.2, 0) is 0 Å². The van der Waals surface area contributed by atoms with Gasteiger partial charge >= 0.3 is 0 Å². The molecule has 1 heteroatoms. The summed E-state index contributed by atoms with van der Waals surface area (Å²) >= 11 is 0. The first-order chi connectivity index (χ1) is 8.15. The number of allylic oxidation sites excluding steroid dienone is 4. The summed E-state index contributed by atoms with van der Waals surface area (Å²) in [7, 11) is 0. The molecule has 0 aliphatic heterocycles. The first-order valence-corrected chi connectivity index (χ1v) is 6.87. The molecule has 3 atom stereocenters. The molecule has 0 radical (unpaired) electrons. The normalized spacial score (nSPS) is 31.1. The van der Waals surface area contributed by atoms with E-state index >= 15 is 0 Å². The predicted molar refractivity (Wildman–Crippen MR) is 73.4 cm³/mol. The van der Waals surface area contributed by atoms with Crippen molar-refractivity contribution in [3.63, 3.8) is 0 Å². The largest absolute Gasteiger partial charge is 0.198 e. The van der Waals surface area contributed by atoms with Crippen LogP contribution < -0.4 is 0 Å². The number of nitriles is 1. The van der Waals surface area contributed by atoms with E-state index in [0.717, 1.165) is 12.3 Å². The SMILES string of the molecule is CC=C1C=C(C)C(CCC#N)C(CCC)C1C. The van der Waals surface area contributed by atoms with Gasteiger partial charge in [-0.25, -0.2) is 0 Å². The lowest BCUT2D eigenvalue weighted by Crippen LogP contribution is -2.27. The summed E-state index contributed by atoms with van der Waals surface area (Å²) in [4.78, 5) is 0. The number of hydrogen-bond acceptors (Lipinski definition) is 1. The first-order valence-electron chi connectivity index (χ1n) is 6.87. The zero-order chi connectivity index (χ0) is 12.8. The maximum absolute atomic E-state index is 8.78. The molecule has 1 aliphatic rings. The van der Waals surface area contributed by atoms with Crippen LogP contribution >= 0.6 is 0 Å². The first kappa shape index (κ1) is 14.0. The molecule has 0 spiro atoms. The van der Waals surface area contributed by atoms with E-state index in [4.69, 9.17) is 5.26 Å². The molecule has 1 rings (SSSR count). The quantitative estimate of drug-likeness (QED) is 0.677. The van der Waals surface area contributed by atoms with E-state index in [-0.39, 0.29) is 0 Å². The van der Waals surface area contributed by atoms with Gasteiger partial charge in [0.05, 0.1) is 6.07 Å². The Labute approximate surface area is 106 Å². The third kappa shape index (κ3) is 3.22. The number of nitrogens with zero attached hydrogens (tertiary/aromatic N) is 1. The van der Waals surface area contributed by atoms with Crippen molar-refractivity contribution in [3.05, 3.63) is 23.3 Å². The Morgan fingerprint density at radius 1 is 1.41 bits per heavy atom. The second kappa shape index (κ2) is 6.64. The fourth-order valence-electron chi connectivity index (χ4n) is 3.23. The Balaban J connectivity index is 2.95. The molecule has 0 aromatic heterocycles. The summed E-state index contributed by atoms with van der Waals surface area (Å²) in [5.74, 6) is 1.99. The highest BCUT2D eigenvalue weighted by atomic mass is 14.4. The van der Waals surface area contributed by atoms with Gasteiger partial charge in [0, 0.05) is 6.42 Å². The monoisotopic (exact) mass is 231 g/mol.